The van der Waals surface area contributed by atoms with E-state index in [9.17, 15) is 23.5 Å². The molecule has 3 aromatic rings. The van der Waals surface area contributed by atoms with Crippen molar-refractivity contribution in [2.24, 2.45) is 0 Å². The molecule has 0 aliphatic carbocycles. The van der Waals surface area contributed by atoms with Crippen LogP contribution >= 0.6 is 0 Å². The lowest BCUT2D eigenvalue weighted by Gasteiger charge is -2.43. The van der Waals surface area contributed by atoms with Crippen LogP contribution in [0, 0.1) is 25.5 Å². The Labute approximate surface area is 234 Å². The van der Waals surface area contributed by atoms with Crippen LogP contribution in [0.5, 0.6) is 5.75 Å². The van der Waals surface area contributed by atoms with Crippen LogP contribution in [0.1, 0.15) is 64.4 Å². The fourth-order valence-corrected chi connectivity index (χ4v) is 5.41. The maximum Gasteiger partial charge on any atom is 0.303 e. The van der Waals surface area contributed by atoms with Crippen molar-refractivity contribution in [3.05, 3.63) is 99.6 Å². The maximum atomic E-state index is 14.1. The van der Waals surface area contributed by atoms with Gasteiger partial charge in [0.1, 0.15) is 12.4 Å². The predicted molar refractivity (Wildman–Crippen MR) is 149 cm³/mol. The lowest BCUT2D eigenvalue weighted by atomic mass is 9.79. The van der Waals surface area contributed by atoms with Crippen molar-refractivity contribution < 1.29 is 28.2 Å². The van der Waals surface area contributed by atoms with E-state index in [1.54, 1.807) is 18.2 Å². The van der Waals surface area contributed by atoms with Gasteiger partial charge < -0.3 is 20.1 Å². The van der Waals surface area contributed by atoms with Crippen LogP contribution in [0.2, 0.25) is 0 Å². The number of carbonyl (C=O) groups excluding carboxylic acids is 1. The van der Waals surface area contributed by atoms with Crippen molar-refractivity contribution in [2.45, 2.75) is 58.6 Å². The van der Waals surface area contributed by atoms with Crippen LogP contribution in [0.3, 0.4) is 0 Å². The summed E-state index contributed by atoms with van der Waals surface area (Å²) in [5, 5.41) is 12.6. The van der Waals surface area contributed by atoms with Crippen molar-refractivity contribution in [3.8, 4) is 5.75 Å². The highest BCUT2D eigenvalue weighted by molar-refractivity contribution is 5.96. The number of piperidine rings is 1. The molecule has 0 unspecified atom stereocenters. The van der Waals surface area contributed by atoms with Gasteiger partial charge in [-0.1, -0.05) is 48.4 Å². The Morgan fingerprint density at radius 1 is 1.00 bits per heavy atom. The molecule has 1 heterocycles. The summed E-state index contributed by atoms with van der Waals surface area (Å²) in [5.41, 5.74) is 4.24. The van der Waals surface area contributed by atoms with Gasteiger partial charge in [-0.15, -0.1) is 0 Å². The molecule has 40 heavy (non-hydrogen) atoms. The zero-order chi connectivity index (χ0) is 28.9. The average Bonchev–Trinajstić information content (AvgIpc) is 2.92. The van der Waals surface area contributed by atoms with Crippen molar-refractivity contribution in [2.75, 3.05) is 19.6 Å². The topological polar surface area (TPSA) is 78.9 Å². The Hall–Kier alpha value is -3.78. The molecular weight excluding hydrogens is 514 g/mol. The summed E-state index contributed by atoms with van der Waals surface area (Å²) in [6, 6.07) is 14.4. The van der Waals surface area contributed by atoms with Crippen LogP contribution in [0.25, 0.3) is 0 Å². The number of carboxylic acids is 1. The van der Waals surface area contributed by atoms with Crippen molar-refractivity contribution in [1.29, 1.82) is 0 Å². The third kappa shape index (κ3) is 7.04. The number of carboxylic acid groups (broad SMARTS) is 1. The first-order chi connectivity index (χ1) is 19.1. The SMILES string of the molecule is CCN1CCC(NC(=O)c2cc(COc3cc(F)ccc3F)ccc2CCC(=O)O)(c2cc(C)cc(C)c2)CC1. The first-order valence-electron chi connectivity index (χ1n) is 13.6. The minimum Gasteiger partial charge on any atom is -0.486 e. The number of likely N-dealkylation sites (tertiary alicyclic amines) is 1. The molecular formula is C32H36F2N2O4. The molecule has 1 aliphatic rings. The number of halogens is 2. The van der Waals surface area contributed by atoms with E-state index in [1.165, 1.54) is 0 Å². The molecule has 1 saturated heterocycles. The van der Waals surface area contributed by atoms with Gasteiger partial charge in [0.15, 0.2) is 11.6 Å². The number of hydrogen-bond donors (Lipinski definition) is 2. The lowest BCUT2D eigenvalue weighted by Crippen LogP contribution is -2.53. The monoisotopic (exact) mass is 550 g/mol. The summed E-state index contributed by atoms with van der Waals surface area (Å²) in [6.45, 7) is 8.73. The second-order valence-electron chi connectivity index (χ2n) is 10.6. The first-order valence-corrected chi connectivity index (χ1v) is 13.6. The van der Waals surface area contributed by atoms with Crippen LogP contribution in [0.15, 0.2) is 54.6 Å². The minimum absolute atomic E-state index is 0.0897. The third-order valence-electron chi connectivity index (χ3n) is 7.60. The Bertz CT molecular complexity index is 1360. The molecule has 0 atom stereocenters. The predicted octanol–water partition coefficient (Wildman–Crippen LogP) is 5.92. The van der Waals surface area contributed by atoms with Gasteiger partial charge in [-0.3, -0.25) is 9.59 Å². The van der Waals surface area contributed by atoms with E-state index in [2.05, 4.69) is 35.3 Å². The fourth-order valence-electron chi connectivity index (χ4n) is 5.41. The third-order valence-corrected chi connectivity index (χ3v) is 7.60. The largest absolute Gasteiger partial charge is 0.486 e. The molecule has 0 radical (unpaired) electrons. The Morgan fingerprint density at radius 3 is 2.35 bits per heavy atom. The zero-order valence-corrected chi connectivity index (χ0v) is 23.2. The molecule has 1 fully saturated rings. The lowest BCUT2D eigenvalue weighted by molar-refractivity contribution is -0.136. The molecule has 1 amide bonds. The molecule has 0 saturated carbocycles. The highest BCUT2D eigenvalue weighted by atomic mass is 19.1. The molecule has 4 rings (SSSR count). The zero-order valence-electron chi connectivity index (χ0n) is 23.2. The van der Waals surface area contributed by atoms with Crippen LogP contribution in [-0.4, -0.2) is 41.5 Å². The molecule has 0 spiro atoms. The highest BCUT2D eigenvalue weighted by Gasteiger charge is 2.38. The quantitative estimate of drug-likeness (QED) is 0.328. The van der Waals surface area contributed by atoms with Gasteiger partial charge in [-0.25, -0.2) is 8.78 Å². The van der Waals surface area contributed by atoms with Gasteiger partial charge >= 0.3 is 5.97 Å². The number of rotatable bonds is 10. The van der Waals surface area contributed by atoms with E-state index < -0.39 is 23.1 Å². The minimum atomic E-state index is -0.959. The molecule has 212 valence electrons. The second-order valence-corrected chi connectivity index (χ2v) is 10.6. The van der Waals surface area contributed by atoms with Gasteiger partial charge in [0, 0.05) is 31.1 Å². The summed E-state index contributed by atoms with van der Waals surface area (Å²) in [5.74, 6) is -2.79. The van der Waals surface area contributed by atoms with Gasteiger partial charge in [0.2, 0.25) is 0 Å². The molecule has 6 nitrogen and oxygen atoms in total. The first kappa shape index (κ1) is 29.2. The smallest absolute Gasteiger partial charge is 0.303 e. The molecule has 2 N–H and O–H groups in total. The highest BCUT2D eigenvalue weighted by Crippen LogP contribution is 2.35. The van der Waals surface area contributed by atoms with Crippen molar-refractivity contribution >= 4 is 11.9 Å². The number of aliphatic carboxylic acids is 1. The Morgan fingerprint density at radius 2 is 1.70 bits per heavy atom. The van der Waals surface area contributed by atoms with Crippen LogP contribution in [0.4, 0.5) is 8.78 Å². The van der Waals surface area contributed by atoms with Gasteiger partial charge in [-0.05, 0) is 74.5 Å². The number of benzene rings is 3. The number of nitrogens with zero attached hydrogens (tertiary/aromatic N) is 1. The van der Waals surface area contributed by atoms with Gasteiger partial charge in [-0.2, -0.15) is 0 Å². The number of hydrogen-bond acceptors (Lipinski definition) is 4. The molecule has 3 aromatic carbocycles. The number of amides is 1. The number of nitrogens with one attached hydrogen (secondary N) is 1. The molecule has 0 bridgehead atoms. The van der Waals surface area contributed by atoms with E-state index in [0.29, 0.717) is 16.7 Å². The van der Waals surface area contributed by atoms with Crippen LogP contribution < -0.4 is 10.1 Å². The number of carbonyl (C=O) groups is 2. The Balaban J connectivity index is 1.66. The van der Waals surface area contributed by atoms with Crippen LogP contribution in [-0.2, 0) is 23.4 Å². The van der Waals surface area contributed by atoms with E-state index in [-0.39, 0.29) is 31.1 Å². The van der Waals surface area contributed by atoms with E-state index in [0.717, 1.165) is 67.4 Å². The van der Waals surface area contributed by atoms with Crippen molar-refractivity contribution in [3.63, 3.8) is 0 Å². The second kappa shape index (κ2) is 12.6. The summed E-state index contributed by atoms with van der Waals surface area (Å²) in [4.78, 5) is 27.7. The van der Waals surface area contributed by atoms with E-state index in [1.807, 2.05) is 13.8 Å². The Kier molecular flexibility index (Phi) is 9.20. The van der Waals surface area contributed by atoms with Gasteiger partial charge in [0.05, 0.1) is 5.54 Å². The summed E-state index contributed by atoms with van der Waals surface area (Å²) in [6.07, 6.45) is 1.53. The normalized spacial score (nSPS) is 15.0. The van der Waals surface area contributed by atoms with Gasteiger partial charge in [0.25, 0.3) is 5.91 Å². The molecule has 8 heteroatoms. The maximum absolute atomic E-state index is 14.1. The number of ether oxygens (including phenoxy) is 1. The summed E-state index contributed by atoms with van der Waals surface area (Å²) in [7, 11) is 0. The summed E-state index contributed by atoms with van der Waals surface area (Å²) >= 11 is 0. The molecule has 1 aliphatic heterocycles. The number of aryl methyl sites for hydroxylation is 3. The average molecular weight is 551 g/mol. The fraction of sp³-hybridized carbons (Fsp3) is 0.375. The van der Waals surface area contributed by atoms with Crippen molar-refractivity contribution in [1.82, 2.24) is 10.2 Å². The molecule has 0 aromatic heterocycles. The standard InChI is InChI=1S/C32H36F2N2O4/c1-4-36-13-11-32(12-14-36,25-16-21(2)15-22(3)17-25)35-31(39)27-18-23(5-6-24(27)7-10-30(37)38)20-40-29-19-26(33)8-9-28(29)34/h5-6,8-9,15-19H,4,7,10-14,20H2,1-3H3,(H,35,39)(H,37,38). The van der Waals surface area contributed by atoms with E-state index >= 15 is 0 Å². The van der Waals surface area contributed by atoms with E-state index in [4.69, 9.17) is 4.74 Å². The summed E-state index contributed by atoms with van der Waals surface area (Å²) < 4.78 is 33.2.